The molecule has 0 aliphatic carbocycles. The molecule has 1 atom stereocenters. The van der Waals surface area contributed by atoms with Crippen LogP contribution in [-0.2, 0) is 22.4 Å². The Morgan fingerprint density at radius 2 is 1.88 bits per heavy atom. The molecular weight excluding hydrogens is 417 g/mol. The number of nitrogens with zero attached hydrogens (tertiary/aromatic N) is 2. The second kappa shape index (κ2) is 9.94. The molecule has 6 heteroatoms. The van der Waals surface area contributed by atoms with Crippen molar-refractivity contribution < 1.29 is 14.0 Å². The third-order valence-corrected chi connectivity index (χ3v) is 6.42. The Kier molecular flexibility index (Phi) is 6.82. The van der Waals surface area contributed by atoms with Gasteiger partial charge >= 0.3 is 0 Å². The summed E-state index contributed by atoms with van der Waals surface area (Å²) < 4.78 is 13.6. The van der Waals surface area contributed by atoms with Crippen molar-refractivity contribution >= 4 is 11.8 Å². The average molecular weight is 446 g/mol. The first-order valence-corrected chi connectivity index (χ1v) is 11.2. The molecule has 1 aliphatic rings. The Morgan fingerprint density at radius 1 is 1.09 bits per heavy atom. The highest BCUT2D eigenvalue weighted by Crippen LogP contribution is 2.37. The third kappa shape index (κ3) is 5.11. The topological polar surface area (TPSA) is 62.3 Å². The van der Waals surface area contributed by atoms with Gasteiger partial charge in [0.25, 0.3) is 0 Å². The first-order valence-electron chi connectivity index (χ1n) is 11.2. The van der Waals surface area contributed by atoms with E-state index in [0.29, 0.717) is 31.5 Å². The van der Waals surface area contributed by atoms with Crippen LogP contribution < -0.4 is 5.32 Å². The summed E-state index contributed by atoms with van der Waals surface area (Å²) in [5.74, 6) is -0.502. The van der Waals surface area contributed by atoms with Gasteiger partial charge in [-0.3, -0.25) is 14.6 Å². The number of rotatable bonds is 6. The summed E-state index contributed by atoms with van der Waals surface area (Å²) in [7, 11) is 1.65. The summed E-state index contributed by atoms with van der Waals surface area (Å²) in [6.45, 7) is 0.935. The molecule has 2 amide bonds. The number of piperidine rings is 1. The molecule has 1 aromatic heterocycles. The highest BCUT2D eigenvalue weighted by atomic mass is 19.1. The number of hydrogen-bond donors (Lipinski definition) is 1. The van der Waals surface area contributed by atoms with E-state index in [1.165, 1.54) is 12.1 Å². The number of nitrogens with one attached hydrogen (secondary N) is 1. The molecule has 2 aromatic carbocycles. The number of benzene rings is 2. The van der Waals surface area contributed by atoms with E-state index in [1.54, 1.807) is 36.5 Å². The number of halogens is 1. The summed E-state index contributed by atoms with van der Waals surface area (Å²) in [6, 6.07) is 18.1. The van der Waals surface area contributed by atoms with Crippen LogP contribution in [0.3, 0.4) is 0 Å². The molecule has 0 bridgehead atoms. The minimum absolute atomic E-state index is 0.0599. The van der Waals surface area contributed by atoms with Gasteiger partial charge in [0.2, 0.25) is 11.8 Å². The van der Waals surface area contributed by atoms with Gasteiger partial charge in [0.15, 0.2) is 0 Å². The highest BCUT2D eigenvalue weighted by molar-refractivity contribution is 5.85. The zero-order valence-corrected chi connectivity index (χ0v) is 18.8. The Morgan fingerprint density at radius 3 is 2.64 bits per heavy atom. The molecule has 2 heterocycles. The van der Waals surface area contributed by atoms with Crippen LogP contribution in [0.1, 0.15) is 24.0 Å². The van der Waals surface area contributed by atoms with Gasteiger partial charge in [-0.2, -0.15) is 0 Å². The summed E-state index contributed by atoms with van der Waals surface area (Å²) in [4.78, 5) is 32.2. The van der Waals surface area contributed by atoms with Crippen molar-refractivity contribution in [3.8, 4) is 11.1 Å². The van der Waals surface area contributed by atoms with Crippen LogP contribution in [0.5, 0.6) is 0 Å². The summed E-state index contributed by atoms with van der Waals surface area (Å²) in [5, 5.41) is 2.84. The second-order valence-electron chi connectivity index (χ2n) is 8.65. The smallest absolute Gasteiger partial charge is 0.228 e. The number of aromatic nitrogens is 1. The van der Waals surface area contributed by atoms with Gasteiger partial charge in [0.05, 0.1) is 11.8 Å². The van der Waals surface area contributed by atoms with E-state index in [2.05, 4.69) is 16.4 Å². The van der Waals surface area contributed by atoms with Gasteiger partial charge in [-0.15, -0.1) is 0 Å². The molecule has 5 nitrogen and oxygen atoms in total. The van der Waals surface area contributed by atoms with Crippen LogP contribution in [0.15, 0.2) is 73.1 Å². The molecule has 0 saturated carbocycles. The van der Waals surface area contributed by atoms with E-state index in [-0.39, 0.29) is 24.1 Å². The van der Waals surface area contributed by atoms with Crippen LogP contribution in [0.2, 0.25) is 0 Å². The fourth-order valence-electron chi connectivity index (χ4n) is 4.81. The van der Waals surface area contributed by atoms with Gasteiger partial charge < -0.3 is 10.2 Å². The number of hydrogen-bond acceptors (Lipinski definition) is 3. The molecule has 4 rings (SSSR count). The molecule has 0 radical (unpaired) electrons. The molecule has 0 spiro atoms. The average Bonchev–Trinajstić information content (AvgIpc) is 2.84. The number of likely N-dealkylation sites (tertiary alicyclic amines) is 1. The van der Waals surface area contributed by atoms with Crippen LogP contribution in [-0.4, -0.2) is 41.8 Å². The van der Waals surface area contributed by atoms with E-state index < -0.39 is 5.41 Å². The van der Waals surface area contributed by atoms with Crippen molar-refractivity contribution in [1.82, 2.24) is 15.2 Å². The lowest BCUT2D eigenvalue weighted by Gasteiger charge is -2.42. The highest BCUT2D eigenvalue weighted by Gasteiger charge is 2.43. The van der Waals surface area contributed by atoms with Crippen molar-refractivity contribution in [1.29, 1.82) is 0 Å². The molecular formula is C27H28FN3O2. The molecule has 33 heavy (non-hydrogen) atoms. The van der Waals surface area contributed by atoms with Gasteiger partial charge in [0, 0.05) is 32.5 Å². The summed E-state index contributed by atoms with van der Waals surface area (Å²) in [5.41, 5.74) is 3.08. The van der Waals surface area contributed by atoms with E-state index in [4.69, 9.17) is 0 Å². The first-order chi connectivity index (χ1) is 16.0. The standard InChI is InChI=1S/C27H28FN3O2/c1-29-26(33)27(18-22-7-2-3-9-24(22)21-10-13-30-14-11-21)12-5-15-31(19-27)25(32)17-20-6-4-8-23(28)16-20/h2-4,6-11,13-14,16H,5,12,15,17-19H2,1H3,(H,29,33). The normalized spacial score (nSPS) is 18.1. The molecule has 1 saturated heterocycles. The predicted octanol–water partition coefficient (Wildman–Crippen LogP) is 4.03. The number of amides is 2. The van der Waals surface area contributed by atoms with E-state index in [0.717, 1.165) is 23.1 Å². The lowest BCUT2D eigenvalue weighted by atomic mass is 9.73. The maximum Gasteiger partial charge on any atom is 0.228 e. The zero-order chi connectivity index (χ0) is 23.3. The lowest BCUT2D eigenvalue weighted by molar-refractivity contribution is -0.141. The fraction of sp³-hybridized carbons (Fsp3) is 0.296. The van der Waals surface area contributed by atoms with E-state index in [1.807, 2.05) is 30.3 Å². The maximum absolute atomic E-state index is 13.6. The SMILES string of the molecule is CNC(=O)C1(Cc2ccccc2-c2ccncc2)CCCN(C(=O)Cc2cccc(F)c2)C1. The fourth-order valence-corrected chi connectivity index (χ4v) is 4.81. The quantitative estimate of drug-likeness (QED) is 0.623. The minimum Gasteiger partial charge on any atom is -0.359 e. The summed E-state index contributed by atoms with van der Waals surface area (Å²) in [6.07, 6.45) is 5.59. The van der Waals surface area contributed by atoms with Crippen LogP contribution in [0, 0.1) is 11.2 Å². The van der Waals surface area contributed by atoms with E-state index in [9.17, 15) is 14.0 Å². The minimum atomic E-state index is -0.728. The van der Waals surface area contributed by atoms with Crippen molar-refractivity contribution in [2.45, 2.75) is 25.7 Å². The number of carbonyl (C=O) groups excluding carboxylic acids is 2. The number of pyridine rings is 1. The molecule has 1 aliphatic heterocycles. The number of carbonyl (C=O) groups is 2. The molecule has 1 fully saturated rings. The van der Waals surface area contributed by atoms with Gasteiger partial charge in [-0.25, -0.2) is 4.39 Å². The second-order valence-corrected chi connectivity index (χ2v) is 8.65. The Bertz CT molecular complexity index is 1130. The zero-order valence-electron chi connectivity index (χ0n) is 18.8. The van der Waals surface area contributed by atoms with Crippen LogP contribution >= 0.6 is 0 Å². The van der Waals surface area contributed by atoms with Crippen molar-refractivity contribution in [3.05, 3.63) is 90.0 Å². The van der Waals surface area contributed by atoms with Gasteiger partial charge in [-0.05, 0) is 65.8 Å². The molecule has 170 valence electrons. The third-order valence-electron chi connectivity index (χ3n) is 6.42. The molecule has 1 N–H and O–H groups in total. The van der Waals surface area contributed by atoms with Crippen molar-refractivity contribution in [2.24, 2.45) is 5.41 Å². The summed E-state index contributed by atoms with van der Waals surface area (Å²) >= 11 is 0. The first kappa shape index (κ1) is 22.6. The Hall–Kier alpha value is -3.54. The largest absolute Gasteiger partial charge is 0.359 e. The van der Waals surface area contributed by atoms with Gasteiger partial charge in [0.1, 0.15) is 5.82 Å². The monoisotopic (exact) mass is 445 g/mol. The van der Waals surface area contributed by atoms with Gasteiger partial charge in [-0.1, -0.05) is 36.4 Å². The van der Waals surface area contributed by atoms with Crippen molar-refractivity contribution in [2.75, 3.05) is 20.1 Å². The van der Waals surface area contributed by atoms with Crippen molar-refractivity contribution in [3.63, 3.8) is 0 Å². The predicted molar refractivity (Wildman–Crippen MR) is 126 cm³/mol. The maximum atomic E-state index is 13.6. The molecule has 1 unspecified atom stereocenters. The lowest BCUT2D eigenvalue weighted by Crippen LogP contribution is -2.54. The Balaban J connectivity index is 1.60. The van der Waals surface area contributed by atoms with Crippen LogP contribution in [0.4, 0.5) is 4.39 Å². The molecule has 3 aromatic rings. The van der Waals surface area contributed by atoms with E-state index >= 15 is 0 Å². The Labute approximate surface area is 193 Å². The van der Waals surface area contributed by atoms with Crippen LogP contribution in [0.25, 0.3) is 11.1 Å².